The van der Waals surface area contributed by atoms with Crippen LogP contribution in [0.2, 0.25) is 0 Å². The van der Waals surface area contributed by atoms with Gasteiger partial charge in [-0.3, -0.25) is 9.59 Å². The molecule has 1 N–H and O–H groups in total. The first-order valence-electron chi connectivity index (χ1n) is 7.88. The van der Waals surface area contributed by atoms with E-state index in [2.05, 4.69) is 10.3 Å². The minimum Gasteiger partial charge on any atom is -0.481 e. The SMILES string of the molecule is Cn1nnc2cc(C(=O)N3CCCC[C@H]3CCC(=O)O)ccc21. The molecule has 2 aromatic rings. The number of fused-ring (bicyclic) bond motifs is 1. The number of likely N-dealkylation sites (tertiary alicyclic amines) is 1. The lowest BCUT2D eigenvalue weighted by atomic mass is 9.97. The Balaban J connectivity index is 1.81. The number of piperidine rings is 1. The molecule has 0 bridgehead atoms. The van der Waals surface area contributed by atoms with Crippen LogP contribution in [0.15, 0.2) is 18.2 Å². The molecule has 7 heteroatoms. The average Bonchev–Trinajstić information content (AvgIpc) is 2.93. The van der Waals surface area contributed by atoms with E-state index >= 15 is 0 Å². The standard InChI is InChI=1S/C16H20N4O3/c1-19-14-7-5-11(10-13(14)17-18-19)16(23)20-9-3-2-4-12(20)6-8-15(21)22/h5,7,10,12H,2-4,6,8-9H2,1H3,(H,21,22)/t12-/m0/s1. The molecule has 1 fully saturated rings. The summed E-state index contributed by atoms with van der Waals surface area (Å²) in [5.41, 5.74) is 2.15. The average molecular weight is 316 g/mol. The molecule has 1 aliphatic heterocycles. The van der Waals surface area contributed by atoms with Crippen LogP contribution in [-0.2, 0) is 11.8 Å². The Morgan fingerprint density at radius 1 is 1.35 bits per heavy atom. The van der Waals surface area contributed by atoms with E-state index in [-0.39, 0.29) is 18.4 Å². The molecule has 3 rings (SSSR count). The summed E-state index contributed by atoms with van der Waals surface area (Å²) in [5.74, 6) is -0.864. The molecular weight excluding hydrogens is 296 g/mol. The highest BCUT2D eigenvalue weighted by Crippen LogP contribution is 2.24. The van der Waals surface area contributed by atoms with E-state index in [1.165, 1.54) is 0 Å². The first-order chi connectivity index (χ1) is 11.1. The van der Waals surface area contributed by atoms with E-state index in [0.29, 0.717) is 24.0 Å². The van der Waals surface area contributed by atoms with Crippen molar-refractivity contribution in [3.63, 3.8) is 0 Å². The fraction of sp³-hybridized carbons (Fsp3) is 0.500. The van der Waals surface area contributed by atoms with Crippen LogP contribution in [0.25, 0.3) is 11.0 Å². The van der Waals surface area contributed by atoms with E-state index in [9.17, 15) is 9.59 Å². The van der Waals surface area contributed by atoms with E-state index < -0.39 is 5.97 Å². The summed E-state index contributed by atoms with van der Waals surface area (Å²) in [4.78, 5) is 25.5. The normalized spacial score (nSPS) is 18.3. The Kier molecular flexibility index (Phi) is 4.27. The summed E-state index contributed by atoms with van der Waals surface area (Å²) in [5, 5.41) is 16.9. The number of nitrogens with zero attached hydrogens (tertiary/aromatic N) is 4. The van der Waals surface area contributed by atoms with Gasteiger partial charge in [0.15, 0.2) is 0 Å². The van der Waals surface area contributed by atoms with Gasteiger partial charge in [-0.2, -0.15) is 0 Å². The Morgan fingerprint density at radius 2 is 2.17 bits per heavy atom. The van der Waals surface area contributed by atoms with Crippen LogP contribution in [0, 0.1) is 0 Å². The molecule has 1 aliphatic rings. The molecule has 1 amide bonds. The topological polar surface area (TPSA) is 88.3 Å². The summed E-state index contributed by atoms with van der Waals surface area (Å²) in [6, 6.07) is 5.40. The van der Waals surface area contributed by atoms with Gasteiger partial charge in [0.2, 0.25) is 0 Å². The molecule has 0 saturated carbocycles. The Morgan fingerprint density at radius 3 is 2.96 bits per heavy atom. The Hall–Kier alpha value is -2.44. The fourth-order valence-electron chi connectivity index (χ4n) is 3.20. The number of carbonyl (C=O) groups excluding carboxylic acids is 1. The number of carboxylic acid groups (broad SMARTS) is 1. The monoisotopic (exact) mass is 316 g/mol. The van der Waals surface area contributed by atoms with Crippen molar-refractivity contribution < 1.29 is 14.7 Å². The molecule has 0 spiro atoms. The highest BCUT2D eigenvalue weighted by atomic mass is 16.4. The third kappa shape index (κ3) is 3.18. The molecule has 1 saturated heterocycles. The van der Waals surface area contributed by atoms with Gasteiger partial charge in [0.25, 0.3) is 5.91 Å². The van der Waals surface area contributed by atoms with Gasteiger partial charge in [-0.1, -0.05) is 5.21 Å². The Bertz CT molecular complexity index is 740. The third-order valence-electron chi connectivity index (χ3n) is 4.44. The van der Waals surface area contributed by atoms with Gasteiger partial charge in [-0.25, -0.2) is 4.68 Å². The van der Waals surface area contributed by atoms with Crippen molar-refractivity contribution in [2.75, 3.05) is 6.54 Å². The van der Waals surface area contributed by atoms with Gasteiger partial charge in [0.05, 0.1) is 5.52 Å². The molecule has 1 aromatic carbocycles. The van der Waals surface area contributed by atoms with Crippen molar-refractivity contribution in [2.24, 2.45) is 7.05 Å². The molecule has 1 atom stereocenters. The number of amides is 1. The predicted octanol–water partition coefficient (Wildman–Crippen LogP) is 1.83. The lowest BCUT2D eigenvalue weighted by Gasteiger charge is -2.35. The maximum Gasteiger partial charge on any atom is 0.303 e. The lowest BCUT2D eigenvalue weighted by molar-refractivity contribution is -0.137. The van der Waals surface area contributed by atoms with Crippen molar-refractivity contribution in [3.05, 3.63) is 23.8 Å². The second kappa shape index (κ2) is 6.36. The highest BCUT2D eigenvalue weighted by Gasteiger charge is 2.28. The number of carbonyl (C=O) groups is 2. The molecule has 122 valence electrons. The summed E-state index contributed by atoms with van der Waals surface area (Å²) in [6.45, 7) is 0.682. The summed E-state index contributed by atoms with van der Waals surface area (Å²) < 4.78 is 1.67. The smallest absolute Gasteiger partial charge is 0.303 e. The van der Waals surface area contributed by atoms with Crippen LogP contribution >= 0.6 is 0 Å². The number of aryl methyl sites for hydroxylation is 1. The molecule has 7 nitrogen and oxygen atoms in total. The van der Waals surface area contributed by atoms with Gasteiger partial charge in [0.1, 0.15) is 5.52 Å². The summed E-state index contributed by atoms with van der Waals surface area (Å²) >= 11 is 0. The second-order valence-corrected chi connectivity index (χ2v) is 6.00. The lowest BCUT2D eigenvalue weighted by Crippen LogP contribution is -2.44. The molecule has 2 heterocycles. The maximum atomic E-state index is 12.8. The van der Waals surface area contributed by atoms with Gasteiger partial charge in [-0.15, -0.1) is 5.10 Å². The zero-order chi connectivity index (χ0) is 16.4. The van der Waals surface area contributed by atoms with Crippen molar-refractivity contribution in [3.8, 4) is 0 Å². The van der Waals surface area contributed by atoms with Gasteiger partial charge in [0, 0.05) is 31.6 Å². The van der Waals surface area contributed by atoms with E-state index in [1.54, 1.807) is 16.8 Å². The molecular formula is C16H20N4O3. The first-order valence-corrected chi connectivity index (χ1v) is 7.88. The Labute approximate surface area is 133 Å². The van der Waals surface area contributed by atoms with Crippen molar-refractivity contribution >= 4 is 22.9 Å². The van der Waals surface area contributed by atoms with E-state index in [1.807, 2.05) is 18.0 Å². The quantitative estimate of drug-likeness (QED) is 0.929. The van der Waals surface area contributed by atoms with Crippen LogP contribution in [-0.4, -0.2) is 49.5 Å². The molecule has 0 aliphatic carbocycles. The number of hydrogen-bond donors (Lipinski definition) is 1. The maximum absolute atomic E-state index is 12.8. The van der Waals surface area contributed by atoms with Crippen LogP contribution in [0.1, 0.15) is 42.5 Å². The van der Waals surface area contributed by atoms with Gasteiger partial charge < -0.3 is 10.0 Å². The van der Waals surface area contributed by atoms with Gasteiger partial charge >= 0.3 is 5.97 Å². The molecule has 0 radical (unpaired) electrons. The van der Waals surface area contributed by atoms with Crippen molar-refractivity contribution in [2.45, 2.75) is 38.1 Å². The first kappa shape index (κ1) is 15.5. The number of carboxylic acids is 1. The number of hydrogen-bond acceptors (Lipinski definition) is 4. The van der Waals surface area contributed by atoms with E-state index in [4.69, 9.17) is 5.11 Å². The van der Waals surface area contributed by atoms with E-state index in [0.717, 1.165) is 24.8 Å². The fourth-order valence-corrected chi connectivity index (χ4v) is 3.20. The zero-order valence-corrected chi connectivity index (χ0v) is 13.1. The minimum atomic E-state index is -0.816. The second-order valence-electron chi connectivity index (χ2n) is 6.00. The molecule has 23 heavy (non-hydrogen) atoms. The molecule has 0 unspecified atom stereocenters. The highest BCUT2D eigenvalue weighted by molar-refractivity contribution is 5.97. The van der Waals surface area contributed by atoms with Crippen LogP contribution in [0.3, 0.4) is 0 Å². The largest absolute Gasteiger partial charge is 0.481 e. The van der Waals surface area contributed by atoms with Crippen LogP contribution in [0.4, 0.5) is 0 Å². The summed E-state index contributed by atoms with van der Waals surface area (Å²) in [7, 11) is 1.81. The minimum absolute atomic E-state index is 0.00454. The van der Waals surface area contributed by atoms with Crippen LogP contribution < -0.4 is 0 Å². The number of aliphatic carboxylic acids is 1. The summed E-state index contributed by atoms with van der Waals surface area (Å²) in [6.07, 6.45) is 3.47. The number of aromatic nitrogens is 3. The molecule has 1 aromatic heterocycles. The van der Waals surface area contributed by atoms with Crippen molar-refractivity contribution in [1.82, 2.24) is 19.9 Å². The zero-order valence-electron chi connectivity index (χ0n) is 13.1. The predicted molar refractivity (Wildman–Crippen MR) is 84.1 cm³/mol. The third-order valence-corrected chi connectivity index (χ3v) is 4.44. The number of benzene rings is 1. The van der Waals surface area contributed by atoms with Gasteiger partial charge in [-0.05, 0) is 43.9 Å². The van der Waals surface area contributed by atoms with Crippen LogP contribution in [0.5, 0.6) is 0 Å². The number of rotatable bonds is 4. The van der Waals surface area contributed by atoms with Crippen molar-refractivity contribution in [1.29, 1.82) is 0 Å².